The number of carbonyl (C=O) groups excluding carboxylic acids is 1. The number of hydrogen-bond acceptors (Lipinski definition) is 3. The van der Waals surface area contributed by atoms with Crippen molar-refractivity contribution in [2.24, 2.45) is 11.5 Å². The van der Waals surface area contributed by atoms with Crippen molar-refractivity contribution in [3.05, 3.63) is 34.9 Å². The zero-order valence-corrected chi connectivity index (χ0v) is 16.2. The Morgan fingerprint density at radius 2 is 1.54 bits per heavy atom. The molecule has 0 radical (unpaired) electrons. The van der Waals surface area contributed by atoms with E-state index in [4.69, 9.17) is 11.5 Å². The summed E-state index contributed by atoms with van der Waals surface area (Å²) in [5.41, 5.74) is 14.6. The number of carbonyl (C=O) groups is 1. The number of rotatable bonds is 6. The van der Waals surface area contributed by atoms with E-state index >= 15 is 0 Å². The summed E-state index contributed by atoms with van der Waals surface area (Å²) in [7, 11) is 0. The van der Waals surface area contributed by atoms with Crippen molar-refractivity contribution in [3.63, 3.8) is 0 Å². The number of amides is 1. The number of nitrogens with one attached hydrogen (secondary N) is 1. The summed E-state index contributed by atoms with van der Waals surface area (Å²) in [5, 5.41) is 2.96. The van der Waals surface area contributed by atoms with Crippen molar-refractivity contribution < 1.29 is 4.79 Å². The quantitative estimate of drug-likeness (QED) is 0.748. The van der Waals surface area contributed by atoms with Crippen LogP contribution in [0.2, 0.25) is 0 Å². The third-order valence-corrected chi connectivity index (χ3v) is 4.23. The molecule has 5 N–H and O–H groups in total. The van der Waals surface area contributed by atoms with Crippen LogP contribution in [-0.2, 0) is 10.8 Å². The largest absolute Gasteiger partial charge is 0.350 e. The van der Waals surface area contributed by atoms with Crippen molar-refractivity contribution in [3.8, 4) is 0 Å². The van der Waals surface area contributed by atoms with Crippen molar-refractivity contribution in [1.82, 2.24) is 5.32 Å². The molecule has 0 fully saturated rings. The molecule has 1 atom stereocenters. The van der Waals surface area contributed by atoms with Crippen molar-refractivity contribution in [2.75, 3.05) is 13.1 Å². The zero-order valence-electron chi connectivity index (χ0n) is 16.2. The van der Waals surface area contributed by atoms with Crippen LogP contribution in [0.3, 0.4) is 0 Å². The fourth-order valence-corrected chi connectivity index (χ4v) is 2.43. The van der Waals surface area contributed by atoms with Gasteiger partial charge in [0.1, 0.15) is 0 Å². The molecule has 0 spiro atoms. The standard InChI is InChI=1S/C20H35N3O/c1-19(2,3)15-10-14(11-16(12-15)20(4,5)6)18(24)23-13-17(22)8-7-9-21/h10-12,17H,7-9,13,21-22H2,1-6H3,(H,23,24). The topological polar surface area (TPSA) is 81.1 Å². The van der Waals surface area contributed by atoms with Gasteiger partial charge in [0.25, 0.3) is 5.91 Å². The van der Waals surface area contributed by atoms with Crippen LogP contribution in [0.15, 0.2) is 18.2 Å². The predicted octanol–water partition coefficient (Wildman–Crippen LogP) is 3.08. The van der Waals surface area contributed by atoms with Crippen LogP contribution in [0.5, 0.6) is 0 Å². The van der Waals surface area contributed by atoms with E-state index in [1.807, 2.05) is 12.1 Å². The molecule has 4 nitrogen and oxygen atoms in total. The fraction of sp³-hybridized carbons (Fsp3) is 0.650. The predicted molar refractivity (Wildman–Crippen MR) is 102 cm³/mol. The lowest BCUT2D eigenvalue weighted by atomic mass is 9.79. The minimum absolute atomic E-state index is 0.00613. The molecular formula is C20H35N3O. The summed E-state index contributed by atoms with van der Waals surface area (Å²) in [6.45, 7) is 14.1. The molecule has 4 heteroatoms. The van der Waals surface area contributed by atoms with Gasteiger partial charge in [-0.25, -0.2) is 0 Å². The molecule has 0 aromatic heterocycles. The Balaban J connectivity index is 2.99. The minimum Gasteiger partial charge on any atom is -0.350 e. The molecule has 0 saturated carbocycles. The van der Waals surface area contributed by atoms with Gasteiger partial charge in [-0.05, 0) is 53.5 Å². The van der Waals surface area contributed by atoms with Gasteiger partial charge >= 0.3 is 0 Å². The Morgan fingerprint density at radius 3 is 1.96 bits per heavy atom. The second-order valence-corrected chi connectivity index (χ2v) is 8.70. The first-order valence-corrected chi connectivity index (χ1v) is 8.85. The van der Waals surface area contributed by atoms with Crippen LogP contribution in [0, 0.1) is 0 Å². The highest BCUT2D eigenvalue weighted by Gasteiger charge is 2.22. The molecule has 1 rings (SSSR count). The monoisotopic (exact) mass is 333 g/mol. The highest BCUT2D eigenvalue weighted by Crippen LogP contribution is 2.30. The lowest BCUT2D eigenvalue weighted by Crippen LogP contribution is -2.37. The third kappa shape index (κ3) is 6.25. The van der Waals surface area contributed by atoms with Gasteiger partial charge in [-0.3, -0.25) is 4.79 Å². The Bertz CT molecular complexity index is 521. The number of benzene rings is 1. The van der Waals surface area contributed by atoms with E-state index < -0.39 is 0 Å². The molecule has 0 aliphatic heterocycles. The van der Waals surface area contributed by atoms with Crippen molar-refractivity contribution in [2.45, 2.75) is 71.3 Å². The zero-order chi connectivity index (χ0) is 18.5. The Hall–Kier alpha value is -1.39. The normalized spacial score (nSPS) is 13.7. The van der Waals surface area contributed by atoms with E-state index in [-0.39, 0.29) is 22.8 Å². The maximum Gasteiger partial charge on any atom is 0.251 e. The molecule has 136 valence electrons. The molecule has 0 heterocycles. The van der Waals surface area contributed by atoms with E-state index in [1.165, 1.54) is 11.1 Å². The number of nitrogens with two attached hydrogens (primary N) is 2. The molecular weight excluding hydrogens is 298 g/mol. The Morgan fingerprint density at radius 1 is 1.04 bits per heavy atom. The summed E-state index contributed by atoms with van der Waals surface area (Å²) >= 11 is 0. The van der Waals surface area contributed by atoms with Gasteiger partial charge in [0.05, 0.1) is 0 Å². The van der Waals surface area contributed by atoms with Gasteiger partial charge in [0.2, 0.25) is 0 Å². The van der Waals surface area contributed by atoms with Crippen molar-refractivity contribution in [1.29, 1.82) is 0 Å². The SMILES string of the molecule is CC(C)(C)c1cc(C(=O)NCC(N)CCCN)cc(C(C)(C)C)c1. The van der Waals surface area contributed by atoms with E-state index in [0.717, 1.165) is 12.8 Å². The van der Waals surface area contributed by atoms with E-state index in [9.17, 15) is 4.79 Å². The second-order valence-electron chi connectivity index (χ2n) is 8.70. The van der Waals surface area contributed by atoms with E-state index in [2.05, 4.69) is 52.9 Å². The van der Waals surface area contributed by atoms with Crippen LogP contribution in [0.1, 0.15) is 75.9 Å². The summed E-state index contributed by atoms with van der Waals surface area (Å²) in [4.78, 5) is 12.6. The van der Waals surface area contributed by atoms with Gasteiger partial charge in [-0.2, -0.15) is 0 Å². The molecule has 0 saturated heterocycles. The van der Waals surface area contributed by atoms with Crippen LogP contribution in [-0.4, -0.2) is 25.0 Å². The van der Waals surface area contributed by atoms with Crippen LogP contribution >= 0.6 is 0 Å². The van der Waals surface area contributed by atoms with Crippen molar-refractivity contribution >= 4 is 5.91 Å². The lowest BCUT2D eigenvalue weighted by molar-refractivity contribution is 0.0950. The summed E-state index contributed by atoms with van der Waals surface area (Å²) in [6, 6.07) is 6.15. The van der Waals surface area contributed by atoms with Gasteiger partial charge < -0.3 is 16.8 Å². The second kappa shape index (κ2) is 8.13. The van der Waals surface area contributed by atoms with Gasteiger partial charge in [0.15, 0.2) is 0 Å². The summed E-state index contributed by atoms with van der Waals surface area (Å²) < 4.78 is 0. The fourth-order valence-electron chi connectivity index (χ4n) is 2.43. The highest BCUT2D eigenvalue weighted by atomic mass is 16.1. The molecule has 24 heavy (non-hydrogen) atoms. The molecule has 0 bridgehead atoms. The van der Waals surface area contributed by atoms with Gasteiger partial charge in [-0.1, -0.05) is 47.6 Å². The molecule has 0 aliphatic rings. The first kappa shape index (κ1) is 20.7. The summed E-state index contributed by atoms with van der Waals surface area (Å²) in [6.07, 6.45) is 1.71. The minimum atomic E-state index is -0.0604. The molecule has 1 amide bonds. The summed E-state index contributed by atoms with van der Waals surface area (Å²) in [5.74, 6) is -0.0604. The van der Waals surface area contributed by atoms with Gasteiger partial charge in [-0.15, -0.1) is 0 Å². The third-order valence-electron chi connectivity index (χ3n) is 4.23. The first-order valence-electron chi connectivity index (χ1n) is 8.85. The number of hydrogen-bond donors (Lipinski definition) is 3. The maximum atomic E-state index is 12.6. The average molecular weight is 334 g/mol. The van der Waals surface area contributed by atoms with E-state index in [1.54, 1.807) is 0 Å². The average Bonchev–Trinajstić information content (AvgIpc) is 2.48. The smallest absolute Gasteiger partial charge is 0.251 e. The van der Waals surface area contributed by atoms with Gasteiger partial charge in [0, 0.05) is 18.2 Å². The molecule has 0 aliphatic carbocycles. The van der Waals surface area contributed by atoms with E-state index in [0.29, 0.717) is 18.7 Å². The first-order chi connectivity index (χ1) is 10.9. The van der Waals surface area contributed by atoms with Crippen LogP contribution in [0.25, 0.3) is 0 Å². The Labute approximate surface area is 147 Å². The molecule has 1 aromatic carbocycles. The maximum absolute atomic E-state index is 12.6. The van der Waals surface area contributed by atoms with Crippen LogP contribution < -0.4 is 16.8 Å². The Kier molecular flexibility index (Phi) is 6.99. The van der Waals surface area contributed by atoms with Crippen LogP contribution in [0.4, 0.5) is 0 Å². The highest BCUT2D eigenvalue weighted by molar-refractivity contribution is 5.94. The molecule has 1 aromatic rings. The molecule has 1 unspecified atom stereocenters. The lowest BCUT2D eigenvalue weighted by Gasteiger charge is -2.26.